The smallest absolute Gasteiger partial charge is 0.332 e. The molecule has 0 radical (unpaired) electrons. The first-order valence-corrected chi connectivity index (χ1v) is 12.0. The van der Waals surface area contributed by atoms with Crippen molar-refractivity contribution in [3.8, 4) is 0 Å². The average Bonchev–Trinajstić information content (AvgIpc) is 3.24. The van der Waals surface area contributed by atoms with Crippen LogP contribution >= 0.6 is 11.8 Å². The molecule has 1 N–H and O–H groups in total. The van der Waals surface area contributed by atoms with Crippen LogP contribution in [0.15, 0.2) is 38.8 Å². The third-order valence-electron chi connectivity index (χ3n) is 5.38. The lowest BCUT2D eigenvalue weighted by atomic mass is 9.96. The highest BCUT2D eigenvalue weighted by Gasteiger charge is 2.21. The van der Waals surface area contributed by atoms with E-state index in [1.54, 1.807) is 4.57 Å². The quantitative estimate of drug-likeness (QED) is 0.369. The molecule has 0 fully saturated rings. The van der Waals surface area contributed by atoms with Crippen molar-refractivity contribution in [1.82, 2.24) is 19.1 Å². The van der Waals surface area contributed by atoms with Gasteiger partial charge in [-0.3, -0.25) is 18.7 Å². The van der Waals surface area contributed by atoms with E-state index in [2.05, 4.69) is 16.6 Å². The molecule has 1 unspecified atom stereocenters. The minimum absolute atomic E-state index is 0.0498. The van der Waals surface area contributed by atoms with Crippen molar-refractivity contribution in [3.05, 3.63) is 56.5 Å². The Morgan fingerprint density at radius 2 is 1.75 bits per heavy atom. The molecule has 0 aliphatic carbocycles. The fourth-order valence-electron chi connectivity index (χ4n) is 3.78. The molecule has 32 heavy (non-hydrogen) atoms. The number of aryl methyl sites for hydroxylation is 1. The van der Waals surface area contributed by atoms with Gasteiger partial charge in [-0.2, -0.15) is 0 Å². The maximum atomic E-state index is 13.0. The number of aromatic amines is 1. The third-order valence-corrected chi connectivity index (χ3v) is 6.36. The van der Waals surface area contributed by atoms with E-state index in [-0.39, 0.29) is 28.9 Å². The number of nitrogens with zero attached hydrogens (tertiary/aromatic N) is 3. The van der Waals surface area contributed by atoms with Crippen molar-refractivity contribution in [2.75, 3.05) is 12.9 Å². The molecular formula is C23H30N4O4S. The summed E-state index contributed by atoms with van der Waals surface area (Å²) >= 11 is 1.42. The maximum absolute atomic E-state index is 13.0. The summed E-state index contributed by atoms with van der Waals surface area (Å²) in [5.41, 5.74) is 1.23. The number of carbonyl (C=O) groups is 1. The number of rotatable bonds is 10. The van der Waals surface area contributed by atoms with Crippen LogP contribution in [-0.4, -0.2) is 37.9 Å². The lowest BCUT2D eigenvalue weighted by molar-refractivity contribution is -0.137. The molecule has 1 atom stereocenters. The first kappa shape index (κ1) is 23.8. The Hall–Kier alpha value is -2.81. The number of benzene rings is 1. The fourth-order valence-corrected chi connectivity index (χ4v) is 4.51. The number of esters is 1. The highest BCUT2D eigenvalue weighted by Crippen LogP contribution is 2.29. The summed E-state index contributed by atoms with van der Waals surface area (Å²) in [5.74, 6) is 0.620. The molecular weight excluding hydrogens is 428 g/mol. The van der Waals surface area contributed by atoms with E-state index >= 15 is 0 Å². The molecule has 2 aromatic heterocycles. The number of carbonyl (C=O) groups excluding carboxylic acids is 1. The average molecular weight is 459 g/mol. The number of methoxy groups -OCH3 is 1. The van der Waals surface area contributed by atoms with Gasteiger partial charge in [0.2, 0.25) is 0 Å². The van der Waals surface area contributed by atoms with Gasteiger partial charge in [0.05, 0.1) is 12.9 Å². The van der Waals surface area contributed by atoms with Crippen molar-refractivity contribution in [2.45, 2.75) is 63.9 Å². The van der Waals surface area contributed by atoms with Crippen LogP contribution in [-0.2, 0) is 22.6 Å². The summed E-state index contributed by atoms with van der Waals surface area (Å²) in [6.45, 7) is 6.89. The Labute approximate surface area is 191 Å². The Morgan fingerprint density at radius 1 is 1.09 bits per heavy atom. The van der Waals surface area contributed by atoms with Crippen molar-refractivity contribution >= 4 is 28.9 Å². The number of aromatic nitrogens is 4. The van der Waals surface area contributed by atoms with Crippen LogP contribution < -0.4 is 11.2 Å². The van der Waals surface area contributed by atoms with Crippen LogP contribution in [0.1, 0.15) is 57.3 Å². The number of thioether (sulfide) groups is 1. The second kappa shape index (κ2) is 10.7. The van der Waals surface area contributed by atoms with Gasteiger partial charge in [0.15, 0.2) is 5.65 Å². The minimum atomic E-state index is -0.317. The van der Waals surface area contributed by atoms with Gasteiger partial charge in [0, 0.05) is 23.9 Å². The molecule has 8 nitrogen and oxygen atoms in total. The van der Waals surface area contributed by atoms with Crippen LogP contribution in [0.25, 0.3) is 11.2 Å². The van der Waals surface area contributed by atoms with E-state index in [1.807, 2.05) is 38.1 Å². The first-order valence-electron chi connectivity index (χ1n) is 11.0. The van der Waals surface area contributed by atoms with E-state index in [9.17, 15) is 14.4 Å². The van der Waals surface area contributed by atoms with Gasteiger partial charge in [-0.05, 0) is 37.0 Å². The highest BCUT2D eigenvalue weighted by molar-refractivity contribution is 8.00. The van der Waals surface area contributed by atoms with Gasteiger partial charge >= 0.3 is 11.7 Å². The zero-order chi connectivity index (χ0) is 23.3. The number of imidazole rings is 1. The Morgan fingerprint density at radius 3 is 2.34 bits per heavy atom. The summed E-state index contributed by atoms with van der Waals surface area (Å²) in [5, 5.41) is 0. The first-order chi connectivity index (χ1) is 15.4. The molecule has 0 spiro atoms. The fraction of sp³-hybridized carbons (Fsp3) is 0.478. The number of H-pyrrole nitrogens is 1. The van der Waals surface area contributed by atoms with Gasteiger partial charge in [-0.15, -0.1) is 11.8 Å². The van der Waals surface area contributed by atoms with E-state index in [4.69, 9.17) is 4.98 Å². The highest BCUT2D eigenvalue weighted by atomic mass is 32.2. The maximum Gasteiger partial charge on any atom is 0.332 e. The summed E-state index contributed by atoms with van der Waals surface area (Å²) in [6.07, 6.45) is 2.24. The molecule has 1 aromatic carbocycles. The van der Waals surface area contributed by atoms with E-state index < -0.39 is 0 Å². The van der Waals surface area contributed by atoms with Gasteiger partial charge in [0.25, 0.3) is 5.56 Å². The minimum Gasteiger partial charge on any atom is -0.468 e. The molecule has 0 aliphatic heterocycles. The van der Waals surface area contributed by atoms with E-state index in [0.717, 1.165) is 23.3 Å². The van der Waals surface area contributed by atoms with Crippen LogP contribution in [0.3, 0.4) is 0 Å². The molecule has 9 heteroatoms. The Balaban J connectivity index is 2.01. The van der Waals surface area contributed by atoms with Gasteiger partial charge in [-0.1, -0.05) is 32.9 Å². The molecule has 0 bridgehead atoms. The van der Waals surface area contributed by atoms with Gasteiger partial charge in [-0.25, -0.2) is 9.78 Å². The second-order valence-corrected chi connectivity index (χ2v) is 8.66. The number of fused-ring (bicyclic) bond motifs is 1. The normalized spacial score (nSPS) is 12.2. The standard InChI is InChI=1S/C23H30N4O4S/c1-5-12-26-21-19(22(29)27(13-6-2)23(26)30)24-20(25-21)17(7-3)15-8-10-16(11-9-15)32-14-18(28)31-4/h8-11,17H,5-7,12-14H2,1-4H3,(H,24,25). The molecule has 3 aromatic rings. The van der Waals surface area contributed by atoms with Crippen molar-refractivity contribution in [2.24, 2.45) is 0 Å². The molecule has 172 valence electrons. The SMILES string of the molecule is CCCn1c(=O)c2[nH]c(C(CC)c3ccc(SCC(=O)OC)cc3)nc2n(CCC)c1=O. The van der Waals surface area contributed by atoms with E-state index in [0.29, 0.717) is 36.5 Å². The van der Waals surface area contributed by atoms with Gasteiger partial charge < -0.3 is 9.72 Å². The summed E-state index contributed by atoms with van der Waals surface area (Å²) < 4.78 is 7.59. The summed E-state index contributed by atoms with van der Waals surface area (Å²) in [4.78, 5) is 46.2. The van der Waals surface area contributed by atoms with Crippen LogP contribution in [0, 0.1) is 0 Å². The largest absolute Gasteiger partial charge is 0.468 e. The zero-order valence-electron chi connectivity index (χ0n) is 19.0. The topological polar surface area (TPSA) is 99.0 Å². The van der Waals surface area contributed by atoms with E-state index in [1.165, 1.54) is 23.4 Å². The summed E-state index contributed by atoms with van der Waals surface area (Å²) in [6, 6.07) is 7.95. The molecule has 0 amide bonds. The Kier molecular flexibility index (Phi) is 7.95. The van der Waals surface area contributed by atoms with Gasteiger partial charge in [0.1, 0.15) is 11.3 Å². The number of hydrogen-bond acceptors (Lipinski definition) is 6. The zero-order valence-corrected chi connectivity index (χ0v) is 19.8. The van der Waals surface area contributed by atoms with Crippen molar-refractivity contribution < 1.29 is 9.53 Å². The number of hydrogen-bond donors (Lipinski definition) is 1. The summed E-state index contributed by atoms with van der Waals surface area (Å²) in [7, 11) is 1.38. The van der Waals surface area contributed by atoms with Crippen LogP contribution in [0.2, 0.25) is 0 Å². The van der Waals surface area contributed by atoms with Crippen molar-refractivity contribution in [3.63, 3.8) is 0 Å². The number of nitrogens with one attached hydrogen (secondary N) is 1. The molecule has 3 rings (SSSR count). The second-order valence-electron chi connectivity index (χ2n) is 7.61. The molecule has 0 saturated heterocycles. The Bertz CT molecular complexity index is 1190. The predicted octanol–water partition coefficient (Wildman–Crippen LogP) is 3.51. The monoisotopic (exact) mass is 458 g/mol. The third kappa shape index (κ3) is 4.82. The molecule has 0 saturated carbocycles. The van der Waals surface area contributed by atoms with Crippen LogP contribution in [0.4, 0.5) is 0 Å². The van der Waals surface area contributed by atoms with Crippen molar-refractivity contribution in [1.29, 1.82) is 0 Å². The van der Waals surface area contributed by atoms with Crippen LogP contribution in [0.5, 0.6) is 0 Å². The molecule has 0 aliphatic rings. The predicted molar refractivity (Wildman–Crippen MR) is 127 cm³/mol. The molecule has 2 heterocycles. The lowest BCUT2D eigenvalue weighted by Crippen LogP contribution is -2.40. The number of ether oxygens (including phenoxy) is 1. The lowest BCUT2D eigenvalue weighted by Gasteiger charge is -2.13.